The van der Waals surface area contributed by atoms with E-state index in [-0.39, 0.29) is 16.5 Å². The molecule has 168 valence electrons. The highest BCUT2D eigenvalue weighted by molar-refractivity contribution is 7.92. The molecule has 0 radical (unpaired) electrons. The Balaban J connectivity index is 1.65. The van der Waals surface area contributed by atoms with Crippen LogP contribution in [0.1, 0.15) is 35.3 Å². The zero-order chi connectivity index (χ0) is 23.6. The van der Waals surface area contributed by atoms with Crippen LogP contribution in [0, 0.1) is 11.3 Å². The van der Waals surface area contributed by atoms with Gasteiger partial charge >= 0.3 is 0 Å². The molecule has 0 aromatic heterocycles. The van der Waals surface area contributed by atoms with E-state index < -0.39 is 15.9 Å². The number of carbonyl (C=O) groups excluding carboxylic acids is 1. The Morgan fingerprint density at radius 2 is 1.94 bits per heavy atom. The molecule has 1 heterocycles. The molecule has 7 nitrogen and oxygen atoms in total. The number of para-hydroxylation sites is 1. The van der Waals surface area contributed by atoms with Crippen molar-refractivity contribution in [1.29, 1.82) is 5.26 Å². The molecule has 0 saturated carbocycles. The lowest BCUT2D eigenvalue weighted by Gasteiger charge is -2.24. The zero-order valence-electron chi connectivity index (χ0n) is 18.3. The number of nitriles is 1. The van der Waals surface area contributed by atoms with Crippen LogP contribution in [0.15, 0.2) is 71.6 Å². The van der Waals surface area contributed by atoms with Crippen molar-refractivity contribution in [3.05, 3.63) is 83.4 Å². The number of ether oxygens (including phenoxy) is 1. The van der Waals surface area contributed by atoms with Gasteiger partial charge in [-0.05, 0) is 68.3 Å². The molecule has 33 heavy (non-hydrogen) atoms. The summed E-state index contributed by atoms with van der Waals surface area (Å²) < 4.78 is 34.0. The van der Waals surface area contributed by atoms with Crippen molar-refractivity contribution in [1.82, 2.24) is 0 Å². The summed E-state index contributed by atoms with van der Waals surface area (Å²) in [6.07, 6.45) is 0.630. The van der Waals surface area contributed by atoms with Gasteiger partial charge in [-0.15, -0.1) is 0 Å². The highest BCUT2D eigenvalue weighted by atomic mass is 32.2. The summed E-state index contributed by atoms with van der Waals surface area (Å²) in [4.78, 5) is 13.0. The van der Waals surface area contributed by atoms with E-state index in [1.165, 1.54) is 22.5 Å². The van der Waals surface area contributed by atoms with E-state index in [9.17, 15) is 18.5 Å². The van der Waals surface area contributed by atoms with Crippen LogP contribution >= 0.6 is 0 Å². The first-order valence-corrected chi connectivity index (χ1v) is 12.0. The normalized spacial score (nSPS) is 14.9. The Morgan fingerprint density at radius 3 is 2.70 bits per heavy atom. The molecule has 1 amide bonds. The lowest BCUT2D eigenvalue weighted by molar-refractivity contribution is 0.102. The molecule has 0 saturated heterocycles. The fourth-order valence-electron chi connectivity index (χ4n) is 3.99. The lowest BCUT2D eigenvalue weighted by atomic mass is 10.1. The Hall–Kier alpha value is -3.83. The Bertz CT molecular complexity index is 1360. The maximum Gasteiger partial charge on any atom is 0.264 e. The molecule has 3 aromatic carbocycles. The van der Waals surface area contributed by atoms with Gasteiger partial charge in [-0.25, -0.2) is 8.42 Å². The van der Waals surface area contributed by atoms with Crippen LogP contribution in [-0.2, 0) is 16.4 Å². The van der Waals surface area contributed by atoms with Crippen LogP contribution in [0.3, 0.4) is 0 Å². The van der Waals surface area contributed by atoms with E-state index in [4.69, 9.17) is 4.74 Å². The van der Waals surface area contributed by atoms with Crippen LogP contribution < -0.4 is 14.4 Å². The molecule has 1 aliphatic rings. The van der Waals surface area contributed by atoms with Gasteiger partial charge in [0.1, 0.15) is 5.75 Å². The number of hydrogen-bond donors (Lipinski definition) is 1. The highest BCUT2D eigenvalue weighted by Gasteiger charge is 2.36. The van der Waals surface area contributed by atoms with E-state index in [1.807, 2.05) is 38.1 Å². The van der Waals surface area contributed by atoms with Gasteiger partial charge in [0, 0.05) is 11.6 Å². The van der Waals surface area contributed by atoms with Crippen LogP contribution in [0.25, 0.3) is 0 Å². The Morgan fingerprint density at radius 1 is 1.15 bits per heavy atom. The van der Waals surface area contributed by atoms with E-state index in [2.05, 4.69) is 5.32 Å². The second kappa shape index (κ2) is 8.96. The summed E-state index contributed by atoms with van der Waals surface area (Å²) in [5.74, 6) is -0.0749. The molecule has 0 bridgehead atoms. The number of carbonyl (C=O) groups is 1. The largest absolute Gasteiger partial charge is 0.492 e. The molecule has 1 unspecified atom stereocenters. The number of nitrogens with zero attached hydrogens (tertiary/aromatic N) is 2. The summed E-state index contributed by atoms with van der Waals surface area (Å²) in [6.45, 7) is 4.07. The van der Waals surface area contributed by atoms with E-state index >= 15 is 0 Å². The summed E-state index contributed by atoms with van der Waals surface area (Å²) >= 11 is 0. The Kier molecular flexibility index (Phi) is 6.07. The molecule has 8 heteroatoms. The zero-order valence-corrected chi connectivity index (χ0v) is 19.1. The SMILES string of the molecule is CCOc1ccc(C#N)cc1NC(=O)c1cccc(S(=O)(=O)N2c3ccccc3CC2C)c1. The molecule has 0 fully saturated rings. The maximum absolute atomic E-state index is 13.5. The van der Waals surface area contributed by atoms with Crippen LogP contribution in [0.2, 0.25) is 0 Å². The van der Waals surface area contributed by atoms with Gasteiger partial charge in [0.2, 0.25) is 0 Å². The summed E-state index contributed by atoms with van der Waals surface area (Å²) in [7, 11) is -3.87. The first kappa shape index (κ1) is 22.4. The van der Waals surface area contributed by atoms with Gasteiger partial charge in [0.15, 0.2) is 0 Å². The number of hydrogen-bond acceptors (Lipinski definition) is 5. The van der Waals surface area contributed by atoms with Gasteiger partial charge in [0.25, 0.3) is 15.9 Å². The smallest absolute Gasteiger partial charge is 0.264 e. The number of anilines is 2. The van der Waals surface area contributed by atoms with Crippen molar-refractivity contribution in [2.75, 3.05) is 16.2 Å². The summed E-state index contributed by atoms with van der Waals surface area (Å²) in [5.41, 5.74) is 2.53. The van der Waals surface area contributed by atoms with Gasteiger partial charge in [-0.1, -0.05) is 24.3 Å². The fraction of sp³-hybridized carbons (Fsp3) is 0.200. The quantitative estimate of drug-likeness (QED) is 0.588. The number of rotatable bonds is 6. The monoisotopic (exact) mass is 461 g/mol. The van der Waals surface area contributed by atoms with E-state index in [1.54, 1.807) is 30.3 Å². The van der Waals surface area contributed by atoms with Crippen LogP contribution in [-0.4, -0.2) is 27.0 Å². The second-order valence-electron chi connectivity index (χ2n) is 7.72. The minimum atomic E-state index is -3.87. The average molecular weight is 462 g/mol. The predicted molar refractivity (Wildman–Crippen MR) is 126 cm³/mol. The van der Waals surface area contributed by atoms with Crippen molar-refractivity contribution < 1.29 is 17.9 Å². The van der Waals surface area contributed by atoms with Crippen molar-refractivity contribution >= 4 is 27.3 Å². The third-order valence-electron chi connectivity index (χ3n) is 5.45. The van der Waals surface area contributed by atoms with Gasteiger partial charge in [-0.2, -0.15) is 5.26 Å². The van der Waals surface area contributed by atoms with Crippen LogP contribution in [0.5, 0.6) is 5.75 Å². The van der Waals surface area contributed by atoms with Crippen molar-refractivity contribution in [3.8, 4) is 11.8 Å². The predicted octanol–water partition coefficient (Wildman–Crippen LogP) is 4.35. The molecular formula is C25H23N3O4S. The molecule has 1 N–H and O–H groups in total. The summed E-state index contributed by atoms with van der Waals surface area (Å²) in [5, 5.41) is 11.9. The van der Waals surface area contributed by atoms with Crippen LogP contribution in [0.4, 0.5) is 11.4 Å². The lowest BCUT2D eigenvalue weighted by Crippen LogP contribution is -2.35. The summed E-state index contributed by atoms with van der Waals surface area (Å²) in [6, 6.07) is 19.9. The van der Waals surface area contributed by atoms with E-state index in [0.717, 1.165) is 5.56 Å². The molecule has 0 spiro atoms. The molecule has 4 rings (SSSR count). The minimum absolute atomic E-state index is 0.0366. The van der Waals surface area contributed by atoms with Crippen molar-refractivity contribution in [2.24, 2.45) is 0 Å². The molecule has 3 aromatic rings. The molecule has 1 aliphatic heterocycles. The van der Waals surface area contributed by atoms with Gasteiger partial charge in [-0.3, -0.25) is 9.10 Å². The second-order valence-corrected chi connectivity index (χ2v) is 9.54. The third-order valence-corrected chi connectivity index (χ3v) is 7.38. The van der Waals surface area contributed by atoms with Crippen molar-refractivity contribution in [3.63, 3.8) is 0 Å². The number of fused-ring (bicyclic) bond motifs is 1. The molecular weight excluding hydrogens is 438 g/mol. The standard InChI is InChI=1S/C25H23N3O4S/c1-3-32-24-12-11-18(16-26)14-22(24)27-25(29)20-8-6-9-21(15-20)33(30,31)28-17(2)13-19-7-4-5-10-23(19)28/h4-12,14-15,17H,3,13H2,1-2H3,(H,27,29). The number of benzene rings is 3. The first-order chi connectivity index (χ1) is 15.8. The third kappa shape index (κ3) is 4.28. The van der Waals surface area contributed by atoms with Crippen molar-refractivity contribution in [2.45, 2.75) is 31.2 Å². The first-order valence-electron chi connectivity index (χ1n) is 10.6. The number of nitrogens with one attached hydrogen (secondary N) is 1. The van der Waals surface area contributed by atoms with Gasteiger partial charge in [0.05, 0.1) is 34.5 Å². The average Bonchev–Trinajstić information content (AvgIpc) is 3.16. The number of sulfonamides is 1. The maximum atomic E-state index is 13.5. The highest BCUT2D eigenvalue weighted by Crippen LogP contribution is 2.36. The fourth-order valence-corrected chi connectivity index (χ4v) is 5.73. The number of amides is 1. The molecule has 0 aliphatic carbocycles. The van der Waals surface area contributed by atoms with E-state index in [0.29, 0.717) is 35.7 Å². The minimum Gasteiger partial charge on any atom is -0.492 e. The van der Waals surface area contributed by atoms with Gasteiger partial charge < -0.3 is 10.1 Å². The topological polar surface area (TPSA) is 99.5 Å². The molecule has 1 atom stereocenters. The Labute approximate surface area is 193 Å².